The topological polar surface area (TPSA) is 140 Å². The van der Waals surface area contributed by atoms with Crippen molar-refractivity contribution in [3.05, 3.63) is 72.4 Å². The van der Waals surface area contributed by atoms with Gasteiger partial charge in [-0.1, -0.05) is 6.07 Å². The number of H-pyrrole nitrogens is 1. The normalized spacial score (nSPS) is 19.3. The zero-order valence-corrected chi connectivity index (χ0v) is 20.5. The van der Waals surface area contributed by atoms with Crippen molar-refractivity contribution in [2.24, 2.45) is 0 Å². The van der Waals surface area contributed by atoms with E-state index in [1.807, 2.05) is 24.3 Å². The Morgan fingerprint density at radius 3 is 2.71 bits per heavy atom. The van der Waals surface area contributed by atoms with Crippen molar-refractivity contribution in [1.82, 2.24) is 30.1 Å². The van der Waals surface area contributed by atoms with Crippen LogP contribution in [0.15, 0.2) is 61.3 Å². The van der Waals surface area contributed by atoms with Crippen LogP contribution >= 0.6 is 0 Å². The van der Waals surface area contributed by atoms with Crippen LogP contribution < -0.4 is 20.1 Å². The predicted octanol–water partition coefficient (Wildman–Crippen LogP) is 3.95. The lowest BCUT2D eigenvalue weighted by Gasteiger charge is -2.11. The number of methoxy groups -OCH3 is 2. The summed E-state index contributed by atoms with van der Waals surface area (Å²) < 4.78 is 10.9. The van der Waals surface area contributed by atoms with Gasteiger partial charge in [0.25, 0.3) is 0 Å². The molecule has 1 spiro atoms. The molecule has 11 heteroatoms. The Bertz CT molecular complexity index is 1720. The molecule has 2 aromatic carbocycles. The maximum atomic E-state index is 13.0. The van der Waals surface area contributed by atoms with Crippen LogP contribution in [0.25, 0.3) is 22.3 Å². The molecule has 1 fully saturated rings. The predicted molar refractivity (Wildman–Crippen MR) is 140 cm³/mol. The largest absolute Gasteiger partial charge is 0.497 e. The van der Waals surface area contributed by atoms with Gasteiger partial charge in [0.15, 0.2) is 23.2 Å². The van der Waals surface area contributed by atoms with Crippen LogP contribution in [-0.4, -0.2) is 50.3 Å². The van der Waals surface area contributed by atoms with Gasteiger partial charge in [0.1, 0.15) is 12.1 Å². The van der Waals surface area contributed by atoms with Crippen LogP contribution in [0.5, 0.6) is 11.5 Å². The number of rotatable bonds is 6. The molecule has 1 saturated carbocycles. The summed E-state index contributed by atoms with van der Waals surface area (Å²) in [6.07, 6.45) is 7.08. The first-order chi connectivity index (χ1) is 18.6. The molecule has 1 aliphatic carbocycles. The lowest BCUT2D eigenvalue weighted by molar-refractivity contribution is -0.118. The Morgan fingerprint density at radius 2 is 1.89 bits per heavy atom. The molecule has 2 atom stereocenters. The first kappa shape index (κ1) is 22.2. The van der Waals surface area contributed by atoms with E-state index < -0.39 is 5.41 Å². The van der Waals surface area contributed by atoms with Crippen LogP contribution in [-0.2, 0) is 10.2 Å². The molecule has 2 aliphatic rings. The fourth-order valence-electron chi connectivity index (χ4n) is 5.32. The van der Waals surface area contributed by atoms with Gasteiger partial charge in [-0.15, -0.1) is 0 Å². The number of aromatic amines is 1. The molecule has 3 aromatic heterocycles. The van der Waals surface area contributed by atoms with Crippen molar-refractivity contribution in [3.63, 3.8) is 0 Å². The minimum Gasteiger partial charge on any atom is -0.497 e. The van der Waals surface area contributed by atoms with E-state index in [0.29, 0.717) is 28.8 Å². The van der Waals surface area contributed by atoms with E-state index in [1.54, 1.807) is 32.8 Å². The van der Waals surface area contributed by atoms with Gasteiger partial charge in [-0.05, 0) is 47.9 Å². The number of carbonyl (C=O) groups is 1. The maximum Gasteiger partial charge on any atom is 0.235 e. The van der Waals surface area contributed by atoms with E-state index in [2.05, 4.69) is 52.9 Å². The fraction of sp³-hybridized carbons (Fsp3) is 0.185. The molecule has 0 bridgehead atoms. The van der Waals surface area contributed by atoms with Crippen molar-refractivity contribution in [3.8, 4) is 22.9 Å². The SMILES string of the molecule is COc1ccc2c(c1)[C@]1(C[C@H]1c1ccc3c(Nc4nc(-c5cncnc5)ncc4OC)n[nH]c3c1)C(=O)N2. The minimum atomic E-state index is -0.565. The third-order valence-electron chi connectivity index (χ3n) is 7.34. The van der Waals surface area contributed by atoms with E-state index in [0.717, 1.165) is 39.9 Å². The summed E-state index contributed by atoms with van der Waals surface area (Å²) in [5, 5.41) is 14.8. The Hall–Kier alpha value is -5.06. The van der Waals surface area contributed by atoms with Crippen molar-refractivity contribution >= 4 is 34.1 Å². The van der Waals surface area contributed by atoms with Crippen LogP contribution in [0, 0.1) is 0 Å². The molecule has 188 valence electrons. The van der Waals surface area contributed by atoms with Crippen molar-refractivity contribution in [2.75, 3.05) is 24.9 Å². The average Bonchev–Trinajstić information content (AvgIpc) is 3.51. The fourth-order valence-corrected chi connectivity index (χ4v) is 5.32. The summed E-state index contributed by atoms with van der Waals surface area (Å²) in [4.78, 5) is 30.1. The number of carbonyl (C=O) groups excluding carboxylic acids is 1. The number of ether oxygens (including phenoxy) is 2. The Morgan fingerprint density at radius 1 is 1.03 bits per heavy atom. The van der Waals surface area contributed by atoms with Gasteiger partial charge in [-0.25, -0.2) is 19.9 Å². The zero-order valence-electron chi connectivity index (χ0n) is 20.5. The molecule has 0 unspecified atom stereocenters. The highest BCUT2D eigenvalue weighted by molar-refractivity contribution is 6.10. The van der Waals surface area contributed by atoms with Crippen molar-refractivity contribution in [2.45, 2.75) is 17.8 Å². The summed E-state index contributed by atoms with van der Waals surface area (Å²) in [5.74, 6) is 2.84. The lowest BCUT2D eigenvalue weighted by Crippen LogP contribution is -2.21. The van der Waals surface area contributed by atoms with E-state index in [4.69, 9.17) is 9.47 Å². The van der Waals surface area contributed by atoms with Gasteiger partial charge in [0.2, 0.25) is 5.91 Å². The zero-order chi connectivity index (χ0) is 25.9. The second-order valence-corrected chi connectivity index (χ2v) is 9.33. The second-order valence-electron chi connectivity index (χ2n) is 9.33. The number of nitrogens with one attached hydrogen (secondary N) is 3. The molecular formula is C27H22N8O3. The monoisotopic (exact) mass is 506 g/mol. The van der Waals surface area contributed by atoms with E-state index >= 15 is 0 Å². The number of aromatic nitrogens is 6. The van der Waals surface area contributed by atoms with Gasteiger partial charge in [0.05, 0.1) is 36.9 Å². The summed E-state index contributed by atoms with van der Waals surface area (Å²) in [6.45, 7) is 0. The Balaban J connectivity index is 1.20. The smallest absolute Gasteiger partial charge is 0.235 e. The molecule has 1 aliphatic heterocycles. The number of amides is 1. The van der Waals surface area contributed by atoms with Crippen molar-refractivity contribution in [1.29, 1.82) is 0 Å². The highest BCUT2D eigenvalue weighted by atomic mass is 16.5. The summed E-state index contributed by atoms with van der Waals surface area (Å²) in [7, 11) is 3.19. The number of hydrogen-bond acceptors (Lipinski definition) is 9. The maximum absolute atomic E-state index is 13.0. The first-order valence-electron chi connectivity index (χ1n) is 12.0. The molecule has 3 N–H and O–H groups in total. The van der Waals surface area contributed by atoms with Gasteiger partial charge < -0.3 is 20.1 Å². The summed E-state index contributed by atoms with van der Waals surface area (Å²) >= 11 is 0. The van der Waals surface area contributed by atoms with Crippen LogP contribution in [0.3, 0.4) is 0 Å². The lowest BCUT2D eigenvalue weighted by atomic mass is 9.91. The quantitative estimate of drug-likeness (QED) is 0.312. The third kappa shape index (κ3) is 3.28. The molecule has 4 heterocycles. The van der Waals surface area contributed by atoms with Crippen LogP contribution in [0.4, 0.5) is 17.3 Å². The third-order valence-corrected chi connectivity index (χ3v) is 7.34. The molecule has 5 aromatic rings. The number of hydrogen-bond donors (Lipinski definition) is 3. The van der Waals surface area contributed by atoms with Gasteiger partial charge in [0, 0.05) is 29.4 Å². The van der Waals surface area contributed by atoms with Crippen LogP contribution in [0.2, 0.25) is 0 Å². The number of nitrogens with zero attached hydrogens (tertiary/aromatic N) is 5. The second kappa shape index (κ2) is 8.23. The number of benzene rings is 2. The van der Waals surface area contributed by atoms with E-state index in [9.17, 15) is 4.79 Å². The Labute approximate surface area is 216 Å². The Kier molecular flexibility index (Phi) is 4.80. The molecule has 7 rings (SSSR count). The molecule has 1 amide bonds. The van der Waals surface area contributed by atoms with Gasteiger partial charge in [-0.3, -0.25) is 9.89 Å². The molecule has 11 nitrogen and oxygen atoms in total. The summed E-state index contributed by atoms with van der Waals surface area (Å²) in [6, 6.07) is 11.9. The van der Waals surface area contributed by atoms with Crippen molar-refractivity contribution < 1.29 is 14.3 Å². The van der Waals surface area contributed by atoms with E-state index in [1.165, 1.54) is 6.33 Å². The van der Waals surface area contributed by atoms with E-state index in [-0.39, 0.29) is 11.8 Å². The molecule has 0 saturated heterocycles. The van der Waals surface area contributed by atoms with Gasteiger partial charge in [-0.2, -0.15) is 5.10 Å². The molecular weight excluding hydrogens is 484 g/mol. The summed E-state index contributed by atoms with van der Waals surface area (Å²) in [5.41, 5.74) is 3.89. The standard InChI is InChI=1S/C27H22N8O3/c1-37-16-4-6-20-18(8-16)27(26(36)31-20)9-19(27)14-3-5-17-21(7-14)34-35-24(17)33-25-22(38-2)12-30-23(32-25)15-10-28-13-29-11-15/h3-8,10-13,19H,9H2,1-2H3,(H,31,36)(H2,30,32,33,34,35)/t19-,27-/m0/s1. The van der Waals surface area contributed by atoms with Crippen LogP contribution in [0.1, 0.15) is 23.5 Å². The average molecular weight is 507 g/mol. The van der Waals surface area contributed by atoms with Gasteiger partial charge >= 0.3 is 0 Å². The number of anilines is 3. The highest BCUT2D eigenvalue weighted by Crippen LogP contribution is 2.65. The number of fused-ring (bicyclic) bond motifs is 3. The molecule has 0 radical (unpaired) electrons. The molecule has 38 heavy (non-hydrogen) atoms. The highest BCUT2D eigenvalue weighted by Gasteiger charge is 2.65. The first-order valence-corrected chi connectivity index (χ1v) is 12.0. The minimum absolute atomic E-state index is 0.0355.